The third-order valence-electron chi connectivity index (χ3n) is 4.15. The van der Waals surface area contributed by atoms with E-state index in [2.05, 4.69) is 0 Å². The van der Waals surface area contributed by atoms with Crippen molar-refractivity contribution in [1.29, 1.82) is 0 Å². The van der Waals surface area contributed by atoms with Crippen molar-refractivity contribution in [2.45, 2.75) is 18.2 Å². The second kappa shape index (κ2) is 7.25. The van der Waals surface area contributed by atoms with Gasteiger partial charge in [0.25, 0.3) is 0 Å². The monoisotopic (exact) mass is 356 g/mol. The summed E-state index contributed by atoms with van der Waals surface area (Å²) in [7, 11) is 1.62. The summed E-state index contributed by atoms with van der Waals surface area (Å²) in [5.41, 5.74) is 4.99. The molecular formula is C20H17FO3S. The Morgan fingerprint density at radius 2 is 1.92 bits per heavy atom. The second-order valence-electron chi connectivity index (χ2n) is 5.74. The van der Waals surface area contributed by atoms with E-state index in [1.54, 1.807) is 13.2 Å². The van der Waals surface area contributed by atoms with E-state index in [0.29, 0.717) is 11.1 Å². The Hall–Kier alpha value is -2.37. The van der Waals surface area contributed by atoms with Crippen LogP contribution in [0.15, 0.2) is 52.9 Å². The molecule has 0 unspecified atom stereocenters. The number of carbonyl (C=O) groups is 1. The number of benzene rings is 2. The number of hydrogen-bond donors (Lipinski definition) is 1. The topological polar surface area (TPSA) is 46.5 Å². The maximum Gasteiger partial charge on any atom is 0.307 e. The summed E-state index contributed by atoms with van der Waals surface area (Å²) in [6.07, 6.45) is 1.88. The zero-order chi connectivity index (χ0) is 18.0. The Morgan fingerprint density at radius 3 is 2.56 bits per heavy atom. The highest BCUT2D eigenvalue weighted by Crippen LogP contribution is 2.43. The summed E-state index contributed by atoms with van der Waals surface area (Å²) in [5.74, 6) is -1.29. The number of halogens is 1. The van der Waals surface area contributed by atoms with Crippen molar-refractivity contribution in [3.05, 3.63) is 70.5 Å². The van der Waals surface area contributed by atoms with E-state index in [-0.39, 0.29) is 12.2 Å². The third kappa shape index (κ3) is 3.67. The number of carboxylic acid groups (broad SMARTS) is 1. The first-order chi connectivity index (χ1) is 12.0. The van der Waals surface area contributed by atoms with Crippen LogP contribution >= 0.6 is 12.0 Å². The number of carboxylic acids is 1. The van der Waals surface area contributed by atoms with E-state index in [1.165, 1.54) is 24.2 Å². The van der Waals surface area contributed by atoms with Crippen molar-refractivity contribution in [1.82, 2.24) is 0 Å². The fourth-order valence-electron chi connectivity index (χ4n) is 3.02. The van der Waals surface area contributed by atoms with Crippen LogP contribution in [0.2, 0.25) is 0 Å². The van der Waals surface area contributed by atoms with Crippen molar-refractivity contribution in [3.8, 4) is 0 Å². The molecule has 0 saturated heterocycles. The van der Waals surface area contributed by atoms with Crippen molar-refractivity contribution in [3.63, 3.8) is 0 Å². The van der Waals surface area contributed by atoms with Gasteiger partial charge in [-0.05, 0) is 70.7 Å². The van der Waals surface area contributed by atoms with Gasteiger partial charge in [-0.3, -0.25) is 4.79 Å². The van der Waals surface area contributed by atoms with Crippen molar-refractivity contribution >= 4 is 35.2 Å². The van der Waals surface area contributed by atoms with Crippen LogP contribution < -0.4 is 0 Å². The summed E-state index contributed by atoms with van der Waals surface area (Å²) in [6.45, 7) is 1.89. The summed E-state index contributed by atoms with van der Waals surface area (Å²) >= 11 is 1.29. The van der Waals surface area contributed by atoms with Gasteiger partial charge in [-0.15, -0.1) is 0 Å². The minimum Gasteiger partial charge on any atom is -0.481 e. The first kappa shape index (κ1) is 17.5. The molecule has 0 spiro atoms. The highest BCUT2D eigenvalue weighted by atomic mass is 32.2. The van der Waals surface area contributed by atoms with Crippen LogP contribution in [0.25, 0.3) is 17.2 Å². The Balaban J connectivity index is 2.06. The van der Waals surface area contributed by atoms with E-state index < -0.39 is 5.97 Å². The lowest BCUT2D eigenvalue weighted by molar-refractivity contribution is -0.135. The normalized spacial score (nSPS) is 14.9. The lowest BCUT2D eigenvalue weighted by Gasteiger charge is -2.05. The van der Waals surface area contributed by atoms with Crippen molar-refractivity contribution < 1.29 is 18.5 Å². The second-order valence-corrected chi connectivity index (χ2v) is 6.71. The molecule has 3 nitrogen and oxygen atoms in total. The first-order valence-corrected chi connectivity index (χ1v) is 8.48. The van der Waals surface area contributed by atoms with Crippen LogP contribution in [-0.2, 0) is 8.98 Å². The molecule has 0 radical (unpaired) electrons. The van der Waals surface area contributed by atoms with Gasteiger partial charge in [0.15, 0.2) is 0 Å². The largest absolute Gasteiger partial charge is 0.481 e. The van der Waals surface area contributed by atoms with Crippen LogP contribution in [-0.4, -0.2) is 18.2 Å². The molecular weight excluding hydrogens is 339 g/mol. The van der Waals surface area contributed by atoms with Crippen molar-refractivity contribution in [2.24, 2.45) is 0 Å². The van der Waals surface area contributed by atoms with E-state index >= 15 is 0 Å². The molecule has 25 heavy (non-hydrogen) atoms. The van der Waals surface area contributed by atoms with Gasteiger partial charge in [0.05, 0.1) is 13.5 Å². The molecule has 3 rings (SSSR count). The van der Waals surface area contributed by atoms with E-state index in [9.17, 15) is 14.3 Å². The molecule has 0 bridgehead atoms. The highest BCUT2D eigenvalue weighted by Gasteiger charge is 2.25. The Bertz CT molecular complexity index is 882. The van der Waals surface area contributed by atoms with Crippen LogP contribution in [0, 0.1) is 5.82 Å². The average Bonchev–Trinajstić information content (AvgIpc) is 2.81. The molecule has 5 heteroatoms. The molecule has 2 aromatic carbocycles. The molecule has 0 saturated carbocycles. The van der Waals surface area contributed by atoms with Gasteiger partial charge < -0.3 is 9.29 Å². The highest BCUT2D eigenvalue weighted by molar-refractivity contribution is 7.94. The molecule has 2 aromatic rings. The van der Waals surface area contributed by atoms with Gasteiger partial charge in [-0.25, -0.2) is 4.39 Å². The third-order valence-corrected chi connectivity index (χ3v) is 4.78. The Kier molecular flexibility index (Phi) is 5.06. The molecule has 1 aliphatic carbocycles. The molecule has 0 amide bonds. The van der Waals surface area contributed by atoms with Crippen molar-refractivity contribution in [2.75, 3.05) is 7.11 Å². The predicted molar refractivity (Wildman–Crippen MR) is 98.4 cm³/mol. The van der Waals surface area contributed by atoms with Crippen LogP contribution in [0.1, 0.15) is 30.0 Å². The molecule has 1 aliphatic rings. The summed E-state index contributed by atoms with van der Waals surface area (Å²) in [5, 5.41) is 9.18. The lowest BCUT2D eigenvalue weighted by atomic mass is 10.0. The maximum absolute atomic E-state index is 13.7. The number of rotatable bonds is 5. The van der Waals surface area contributed by atoms with Gasteiger partial charge in [-0.1, -0.05) is 18.2 Å². The Morgan fingerprint density at radius 1 is 1.20 bits per heavy atom. The van der Waals surface area contributed by atoms with Gasteiger partial charge in [0, 0.05) is 16.9 Å². The fourth-order valence-corrected chi connectivity index (χ4v) is 3.45. The van der Waals surface area contributed by atoms with E-state index in [0.717, 1.165) is 27.2 Å². The molecule has 0 aromatic heterocycles. The molecule has 0 fully saturated rings. The van der Waals surface area contributed by atoms with Crippen LogP contribution in [0.4, 0.5) is 4.39 Å². The number of fused-ring (bicyclic) bond motifs is 1. The van der Waals surface area contributed by atoms with Gasteiger partial charge >= 0.3 is 5.97 Å². The minimum absolute atomic E-state index is 0.122. The first-order valence-electron chi connectivity index (χ1n) is 7.74. The SMILES string of the molecule is COSc1ccc(C=C2C(C)=C(CC(=O)O)c3cc(F)ccc32)cc1. The smallest absolute Gasteiger partial charge is 0.307 e. The van der Waals surface area contributed by atoms with E-state index in [1.807, 2.05) is 37.3 Å². The van der Waals surface area contributed by atoms with E-state index in [4.69, 9.17) is 4.18 Å². The molecule has 1 N–H and O–H groups in total. The van der Waals surface area contributed by atoms with Crippen LogP contribution in [0.3, 0.4) is 0 Å². The summed E-state index contributed by atoms with van der Waals surface area (Å²) in [4.78, 5) is 12.2. The van der Waals surface area contributed by atoms with Gasteiger partial charge in [-0.2, -0.15) is 0 Å². The maximum atomic E-state index is 13.7. The van der Waals surface area contributed by atoms with Gasteiger partial charge in [0.2, 0.25) is 0 Å². The quantitative estimate of drug-likeness (QED) is 0.740. The predicted octanol–water partition coefficient (Wildman–Crippen LogP) is 5.28. The number of aliphatic carboxylic acids is 1. The number of allylic oxidation sites excluding steroid dienone is 2. The molecule has 0 aliphatic heterocycles. The lowest BCUT2D eigenvalue weighted by Crippen LogP contribution is -1.97. The molecule has 0 heterocycles. The average molecular weight is 356 g/mol. The minimum atomic E-state index is -0.924. The molecule has 0 atom stereocenters. The van der Waals surface area contributed by atoms with Crippen LogP contribution in [0.5, 0.6) is 0 Å². The summed E-state index contributed by atoms with van der Waals surface area (Å²) < 4.78 is 18.7. The zero-order valence-electron chi connectivity index (χ0n) is 13.9. The Labute approximate surface area is 150 Å². The molecule has 128 valence electrons. The summed E-state index contributed by atoms with van der Waals surface area (Å²) in [6, 6.07) is 12.4. The van der Waals surface area contributed by atoms with Gasteiger partial charge in [0.1, 0.15) is 5.82 Å². The standard InChI is InChI=1S/C20H17FO3S/c1-12-17(9-13-3-6-15(7-4-13)25-24-2)16-8-5-14(21)10-19(16)18(12)11-20(22)23/h3-10H,11H2,1-2H3,(H,22,23). The number of hydrogen-bond acceptors (Lipinski definition) is 3. The fraction of sp³-hybridized carbons (Fsp3) is 0.150. The zero-order valence-corrected chi connectivity index (χ0v) is 14.7.